The third-order valence-electron chi connectivity index (χ3n) is 3.59. The Labute approximate surface area is 114 Å². The van der Waals surface area contributed by atoms with Crippen LogP contribution in [0.2, 0.25) is 0 Å². The fourth-order valence-corrected chi connectivity index (χ4v) is 2.23. The number of hydrogen-bond donors (Lipinski definition) is 2. The smallest absolute Gasteiger partial charge is 0.315 e. The Bertz CT molecular complexity index is 414. The fourth-order valence-electron chi connectivity index (χ4n) is 2.23. The van der Waals surface area contributed by atoms with E-state index in [1.807, 2.05) is 18.2 Å². The first kappa shape index (κ1) is 13.9. The lowest BCUT2D eigenvalue weighted by atomic mass is 10.0. The first-order valence-corrected chi connectivity index (χ1v) is 6.89. The van der Waals surface area contributed by atoms with Crippen molar-refractivity contribution in [2.45, 2.75) is 26.3 Å². The molecule has 4 heteroatoms. The average molecular weight is 262 g/mol. The van der Waals surface area contributed by atoms with E-state index in [1.54, 1.807) is 0 Å². The summed E-state index contributed by atoms with van der Waals surface area (Å²) in [6.45, 7) is 5.00. The van der Waals surface area contributed by atoms with Gasteiger partial charge in [-0.2, -0.15) is 0 Å². The van der Waals surface area contributed by atoms with Gasteiger partial charge in [-0.25, -0.2) is 4.79 Å². The summed E-state index contributed by atoms with van der Waals surface area (Å²) in [5.74, 6) is 0.554. The Balaban J connectivity index is 1.68. The summed E-state index contributed by atoms with van der Waals surface area (Å²) < 4.78 is 5.30. The topological polar surface area (TPSA) is 50.4 Å². The molecular formula is C15H22N2O2. The highest BCUT2D eigenvalue weighted by Crippen LogP contribution is 2.13. The van der Waals surface area contributed by atoms with Crippen LogP contribution < -0.4 is 10.6 Å². The molecule has 1 saturated heterocycles. The van der Waals surface area contributed by atoms with Crippen LogP contribution in [0.4, 0.5) is 4.79 Å². The maximum Gasteiger partial charge on any atom is 0.315 e. The Morgan fingerprint density at radius 2 is 2.00 bits per heavy atom. The molecule has 1 aromatic rings. The molecule has 19 heavy (non-hydrogen) atoms. The Kier molecular flexibility index (Phi) is 5.21. The molecule has 4 nitrogen and oxygen atoms in total. The quantitative estimate of drug-likeness (QED) is 0.874. The van der Waals surface area contributed by atoms with Crippen LogP contribution >= 0.6 is 0 Å². The van der Waals surface area contributed by atoms with Crippen molar-refractivity contribution in [3.8, 4) is 0 Å². The molecule has 1 aliphatic rings. The minimum absolute atomic E-state index is 0.0882. The van der Waals surface area contributed by atoms with Crippen molar-refractivity contribution in [1.82, 2.24) is 10.6 Å². The summed E-state index contributed by atoms with van der Waals surface area (Å²) in [7, 11) is 0. The Morgan fingerprint density at radius 3 is 2.74 bits per heavy atom. The molecule has 0 aliphatic carbocycles. The zero-order valence-corrected chi connectivity index (χ0v) is 11.4. The van der Waals surface area contributed by atoms with Gasteiger partial charge in [0.2, 0.25) is 0 Å². The second-order valence-electron chi connectivity index (χ2n) is 5.05. The van der Waals surface area contributed by atoms with E-state index in [0.717, 1.165) is 38.2 Å². The molecule has 1 aromatic carbocycles. The van der Waals surface area contributed by atoms with E-state index in [9.17, 15) is 4.79 Å². The molecular weight excluding hydrogens is 240 g/mol. The van der Waals surface area contributed by atoms with E-state index in [1.165, 1.54) is 5.56 Å². The number of nitrogens with one attached hydrogen (secondary N) is 2. The molecule has 2 amide bonds. The van der Waals surface area contributed by atoms with Gasteiger partial charge in [0.25, 0.3) is 0 Å². The molecule has 0 unspecified atom stereocenters. The lowest BCUT2D eigenvalue weighted by Crippen LogP contribution is -2.39. The monoisotopic (exact) mass is 262 g/mol. The van der Waals surface area contributed by atoms with Crippen molar-refractivity contribution in [3.05, 3.63) is 35.4 Å². The summed E-state index contributed by atoms with van der Waals surface area (Å²) in [6.07, 6.45) is 2.08. The van der Waals surface area contributed by atoms with Gasteiger partial charge in [0, 0.05) is 26.3 Å². The number of ether oxygens (including phenoxy) is 1. The van der Waals surface area contributed by atoms with Crippen LogP contribution in [0.5, 0.6) is 0 Å². The van der Waals surface area contributed by atoms with Crippen molar-refractivity contribution < 1.29 is 9.53 Å². The van der Waals surface area contributed by atoms with Crippen LogP contribution in [-0.4, -0.2) is 25.8 Å². The zero-order valence-electron chi connectivity index (χ0n) is 11.4. The van der Waals surface area contributed by atoms with Gasteiger partial charge in [0.05, 0.1) is 0 Å². The number of amides is 2. The number of urea groups is 1. The third kappa shape index (κ3) is 4.56. The molecule has 0 spiro atoms. The predicted octanol–water partition coefficient (Wildman–Crippen LogP) is 2.22. The molecule has 0 bridgehead atoms. The Morgan fingerprint density at radius 1 is 1.26 bits per heavy atom. The normalized spacial score (nSPS) is 16.1. The average Bonchev–Trinajstić information content (AvgIpc) is 2.45. The largest absolute Gasteiger partial charge is 0.381 e. The van der Waals surface area contributed by atoms with Gasteiger partial charge in [-0.1, -0.05) is 24.3 Å². The highest BCUT2D eigenvalue weighted by Gasteiger charge is 2.14. The summed E-state index contributed by atoms with van der Waals surface area (Å²) in [5.41, 5.74) is 2.36. The van der Waals surface area contributed by atoms with Crippen molar-refractivity contribution in [1.29, 1.82) is 0 Å². The van der Waals surface area contributed by atoms with E-state index in [4.69, 9.17) is 4.74 Å². The summed E-state index contributed by atoms with van der Waals surface area (Å²) in [6, 6.07) is 7.99. The maximum absolute atomic E-state index is 11.7. The van der Waals surface area contributed by atoms with Gasteiger partial charge in [-0.05, 0) is 36.8 Å². The second-order valence-corrected chi connectivity index (χ2v) is 5.05. The number of carbonyl (C=O) groups is 1. The molecule has 1 aliphatic heterocycles. The number of aryl methyl sites for hydroxylation is 1. The van der Waals surface area contributed by atoms with Crippen LogP contribution in [0.3, 0.4) is 0 Å². The van der Waals surface area contributed by atoms with E-state index < -0.39 is 0 Å². The van der Waals surface area contributed by atoms with Gasteiger partial charge in [0.1, 0.15) is 0 Å². The predicted molar refractivity (Wildman–Crippen MR) is 75.0 cm³/mol. The SMILES string of the molecule is Cc1ccccc1CNC(=O)NCC1CCOCC1. The highest BCUT2D eigenvalue weighted by molar-refractivity contribution is 5.73. The van der Waals surface area contributed by atoms with E-state index in [-0.39, 0.29) is 6.03 Å². The molecule has 1 heterocycles. The molecule has 1 fully saturated rings. The van der Waals surface area contributed by atoms with E-state index >= 15 is 0 Å². The minimum atomic E-state index is -0.0882. The lowest BCUT2D eigenvalue weighted by Gasteiger charge is -2.22. The number of carbonyl (C=O) groups excluding carboxylic acids is 1. The molecule has 0 saturated carbocycles. The number of benzene rings is 1. The molecule has 2 N–H and O–H groups in total. The van der Waals surface area contributed by atoms with E-state index in [2.05, 4.69) is 23.6 Å². The second kappa shape index (κ2) is 7.14. The van der Waals surface area contributed by atoms with Crippen molar-refractivity contribution in [2.75, 3.05) is 19.8 Å². The first-order valence-electron chi connectivity index (χ1n) is 6.89. The van der Waals surface area contributed by atoms with Gasteiger partial charge < -0.3 is 15.4 Å². The Hall–Kier alpha value is -1.55. The van der Waals surface area contributed by atoms with Gasteiger partial charge in [0.15, 0.2) is 0 Å². The zero-order chi connectivity index (χ0) is 13.5. The van der Waals surface area contributed by atoms with Gasteiger partial charge in [-0.15, -0.1) is 0 Å². The lowest BCUT2D eigenvalue weighted by molar-refractivity contribution is 0.0669. The fraction of sp³-hybridized carbons (Fsp3) is 0.533. The van der Waals surface area contributed by atoms with Crippen molar-refractivity contribution in [3.63, 3.8) is 0 Å². The molecule has 2 rings (SSSR count). The van der Waals surface area contributed by atoms with Crippen LogP contribution in [0.25, 0.3) is 0 Å². The molecule has 0 radical (unpaired) electrons. The van der Waals surface area contributed by atoms with Crippen molar-refractivity contribution in [2.24, 2.45) is 5.92 Å². The van der Waals surface area contributed by atoms with Crippen LogP contribution in [0, 0.1) is 12.8 Å². The first-order chi connectivity index (χ1) is 9.25. The van der Waals surface area contributed by atoms with Gasteiger partial charge >= 0.3 is 6.03 Å². The summed E-state index contributed by atoms with van der Waals surface area (Å²) in [5, 5.41) is 5.83. The van der Waals surface area contributed by atoms with Gasteiger partial charge in [-0.3, -0.25) is 0 Å². The highest BCUT2D eigenvalue weighted by atomic mass is 16.5. The standard InChI is InChI=1S/C15H22N2O2/c1-12-4-2-3-5-14(12)11-17-15(18)16-10-13-6-8-19-9-7-13/h2-5,13H,6-11H2,1H3,(H2,16,17,18). The number of hydrogen-bond acceptors (Lipinski definition) is 2. The maximum atomic E-state index is 11.7. The minimum Gasteiger partial charge on any atom is -0.381 e. The summed E-state index contributed by atoms with van der Waals surface area (Å²) in [4.78, 5) is 11.7. The van der Waals surface area contributed by atoms with Crippen LogP contribution in [0.15, 0.2) is 24.3 Å². The third-order valence-corrected chi connectivity index (χ3v) is 3.59. The molecule has 0 atom stereocenters. The molecule has 104 valence electrons. The van der Waals surface area contributed by atoms with Crippen LogP contribution in [-0.2, 0) is 11.3 Å². The summed E-state index contributed by atoms with van der Waals surface area (Å²) >= 11 is 0. The van der Waals surface area contributed by atoms with Crippen LogP contribution in [0.1, 0.15) is 24.0 Å². The van der Waals surface area contributed by atoms with E-state index in [0.29, 0.717) is 12.5 Å². The van der Waals surface area contributed by atoms with Crippen molar-refractivity contribution >= 4 is 6.03 Å². The number of rotatable bonds is 4. The molecule has 0 aromatic heterocycles.